The molecule has 2 nitrogen and oxygen atoms in total. The Balaban J connectivity index is 1.81. The predicted molar refractivity (Wildman–Crippen MR) is 82.0 cm³/mol. The van der Waals surface area contributed by atoms with Crippen LogP contribution in [-0.4, -0.2) is 24.5 Å². The van der Waals surface area contributed by atoms with Crippen LogP contribution in [0, 0.1) is 11.7 Å². The van der Waals surface area contributed by atoms with Crippen LogP contribution < -0.4 is 5.73 Å². The Kier molecular flexibility index (Phi) is 5.99. The van der Waals surface area contributed by atoms with Crippen LogP contribution >= 0.6 is 0 Å². The molecule has 2 atom stereocenters. The van der Waals surface area contributed by atoms with Gasteiger partial charge in [-0.3, -0.25) is 0 Å². The quantitative estimate of drug-likeness (QED) is 0.889. The van der Waals surface area contributed by atoms with Gasteiger partial charge in [0, 0.05) is 11.6 Å². The summed E-state index contributed by atoms with van der Waals surface area (Å²) >= 11 is 0. The first kappa shape index (κ1) is 15.5. The van der Waals surface area contributed by atoms with Gasteiger partial charge in [-0.2, -0.15) is 0 Å². The molecule has 1 heterocycles. The van der Waals surface area contributed by atoms with Crippen LogP contribution in [0.1, 0.15) is 50.6 Å². The maximum Gasteiger partial charge on any atom is 0.127 e. The summed E-state index contributed by atoms with van der Waals surface area (Å²) in [7, 11) is 0. The fourth-order valence-corrected chi connectivity index (χ4v) is 3.11. The molecule has 0 aliphatic carbocycles. The molecule has 1 aliphatic rings. The van der Waals surface area contributed by atoms with E-state index in [0.29, 0.717) is 5.56 Å². The van der Waals surface area contributed by atoms with Gasteiger partial charge in [0.05, 0.1) is 0 Å². The first-order valence-corrected chi connectivity index (χ1v) is 7.93. The number of nitrogens with zero attached hydrogens (tertiary/aromatic N) is 1. The summed E-state index contributed by atoms with van der Waals surface area (Å²) in [6, 6.07) is 6.67. The molecule has 1 saturated heterocycles. The lowest BCUT2D eigenvalue weighted by Gasteiger charge is -2.22. The highest BCUT2D eigenvalue weighted by Gasteiger charge is 2.17. The van der Waals surface area contributed by atoms with Crippen molar-refractivity contribution >= 4 is 0 Å². The van der Waals surface area contributed by atoms with Crippen LogP contribution in [0.2, 0.25) is 0 Å². The Bertz CT molecular complexity index is 408. The van der Waals surface area contributed by atoms with E-state index in [1.807, 2.05) is 6.07 Å². The van der Waals surface area contributed by atoms with Crippen LogP contribution in [0.5, 0.6) is 0 Å². The summed E-state index contributed by atoms with van der Waals surface area (Å²) in [5, 5.41) is 0. The molecule has 2 unspecified atom stereocenters. The van der Waals surface area contributed by atoms with Crippen molar-refractivity contribution in [3.8, 4) is 0 Å². The van der Waals surface area contributed by atoms with Crippen molar-refractivity contribution in [2.45, 2.75) is 45.1 Å². The minimum absolute atomic E-state index is 0.179. The van der Waals surface area contributed by atoms with Crippen molar-refractivity contribution in [3.05, 3.63) is 35.6 Å². The SMILES string of the molecule is CCC1CCCN(CCC(N)c2ccccc2F)CC1. The molecule has 20 heavy (non-hydrogen) atoms. The van der Waals surface area contributed by atoms with E-state index in [0.717, 1.165) is 18.9 Å². The smallest absolute Gasteiger partial charge is 0.127 e. The lowest BCUT2D eigenvalue weighted by Crippen LogP contribution is -2.28. The van der Waals surface area contributed by atoms with E-state index in [1.54, 1.807) is 12.1 Å². The van der Waals surface area contributed by atoms with Crippen LogP contribution in [0.25, 0.3) is 0 Å². The Hall–Kier alpha value is -0.930. The third-order valence-corrected chi connectivity index (χ3v) is 4.58. The zero-order valence-electron chi connectivity index (χ0n) is 12.5. The van der Waals surface area contributed by atoms with Crippen molar-refractivity contribution < 1.29 is 4.39 Å². The normalized spacial score (nSPS) is 22.4. The van der Waals surface area contributed by atoms with Gasteiger partial charge in [-0.25, -0.2) is 4.39 Å². The van der Waals surface area contributed by atoms with Gasteiger partial charge in [-0.15, -0.1) is 0 Å². The van der Waals surface area contributed by atoms with Crippen LogP contribution in [0.3, 0.4) is 0 Å². The monoisotopic (exact) mass is 278 g/mol. The number of halogens is 1. The molecule has 0 bridgehead atoms. The fourth-order valence-electron chi connectivity index (χ4n) is 3.11. The molecule has 2 rings (SSSR count). The maximum atomic E-state index is 13.7. The van der Waals surface area contributed by atoms with E-state index in [9.17, 15) is 4.39 Å². The second kappa shape index (κ2) is 7.75. The van der Waals surface area contributed by atoms with Gasteiger partial charge in [-0.1, -0.05) is 31.5 Å². The summed E-state index contributed by atoms with van der Waals surface area (Å²) in [5.74, 6) is 0.710. The zero-order valence-corrected chi connectivity index (χ0v) is 12.5. The molecule has 1 aromatic carbocycles. The Morgan fingerprint density at radius 3 is 2.85 bits per heavy atom. The fraction of sp³-hybridized carbons (Fsp3) is 0.647. The number of nitrogens with two attached hydrogens (primary N) is 1. The summed E-state index contributed by atoms with van der Waals surface area (Å²) in [6.07, 6.45) is 6.06. The van der Waals surface area contributed by atoms with Crippen molar-refractivity contribution in [3.63, 3.8) is 0 Å². The highest BCUT2D eigenvalue weighted by atomic mass is 19.1. The molecule has 1 aromatic rings. The predicted octanol–water partition coefficient (Wildman–Crippen LogP) is 3.73. The van der Waals surface area contributed by atoms with Crippen molar-refractivity contribution in [2.24, 2.45) is 11.7 Å². The average Bonchev–Trinajstić information content (AvgIpc) is 2.70. The van der Waals surface area contributed by atoms with Crippen molar-refractivity contribution in [1.29, 1.82) is 0 Å². The van der Waals surface area contributed by atoms with Gasteiger partial charge in [0.1, 0.15) is 5.82 Å². The van der Waals surface area contributed by atoms with E-state index in [4.69, 9.17) is 5.73 Å². The number of rotatable bonds is 5. The number of hydrogen-bond donors (Lipinski definition) is 1. The van der Waals surface area contributed by atoms with Crippen LogP contribution in [0.15, 0.2) is 24.3 Å². The molecule has 0 amide bonds. The number of benzene rings is 1. The third kappa shape index (κ3) is 4.29. The van der Waals surface area contributed by atoms with E-state index < -0.39 is 0 Å². The first-order valence-electron chi connectivity index (χ1n) is 7.93. The van der Waals surface area contributed by atoms with E-state index in [1.165, 1.54) is 44.8 Å². The molecular formula is C17H27FN2. The van der Waals surface area contributed by atoms with Gasteiger partial charge in [0.25, 0.3) is 0 Å². The molecule has 1 aliphatic heterocycles. The summed E-state index contributed by atoms with van der Waals surface area (Å²) in [6.45, 7) is 5.60. The van der Waals surface area contributed by atoms with E-state index in [2.05, 4.69) is 11.8 Å². The van der Waals surface area contributed by atoms with Crippen LogP contribution in [-0.2, 0) is 0 Å². The highest BCUT2D eigenvalue weighted by Crippen LogP contribution is 2.22. The molecule has 0 spiro atoms. The maximum absolute atomic E-state index is 13.7. The zero-order chi connectivity index (χ0) is 14.4. The minimum Gasteiger partial charge on any atom is -0.324 e. The molecule has 3 heteroatoms. The molecule has 0 saturated carbocycles. The Morgan fingerprint density at radius 2 is 2.10 bits per heavy atom. The first-order chi connectivity index (χ1) is 9.70. The van der Waals surface area contributed by atoms with Gasteiger partial charge in [-0.05, 0) is 57.3 Å². The highest BCUT2D eigenvalue weighted by molar-refractivity contribution is 5.20. The molecule has 0 aromatic heterocycles. The van der Waals surface area contributed by atoms with Gasteiger partial charge < -0.3 is 10.6 Å². The molecular weight excluding hydrogens is 251 g/mol. The van der Waals surface area contributed by atoms with E-state index >= 15 is 0 Å². The summed E-state index contributed by atoms with van der Waals surface area (Å²) in [4.78, 5) is 2.50. The topological polar surface area (TPSA) is 29.3 Å². The summed E-state index contributed by atoms with van der Waals surface area (Å²) in [5.41, 5.74) is 6.79. The summed E-state index contributed by atoms with van der Waals surface area (Å²) < 4.78 is 13.7. The second-order valence-electron chi connectivity index (χ2n) is 5.96. The van der Waals surface area contributed by atoms with Gasteiger partial charge in [0.15, 0.2) is 0 Å². The number of hydrogen-bond acceptors (Lipinski definition) is 2. The van der Waals surface area contributed by atoms with Crippen molar-refractivity contribution in [2.75, 3.05) is 19.6 Å². The second-order valence-corrected chi connectivity index (χ2v) is 5.96. The lowest BCUT2D eigenvalue weighted by atomic mass is 9.98. The van der Waals surface area contributed by atoms with Crippen molar-refractivity contribution in [1.82, 2.24) is 4.90 Å². The Morgan fingerprint density at radius 1 is 1.30 bits per heavy atom. The largest absolute Gasteiger partial charge is 0.324 e. The molecule has 1 fully saturated rings. The molecule has 2 N–H and O–H groups in total. The minimum atomic E-state index is -0.193. The average molecular weight is 278 g/mol. The standard InChI is InChI=1S/C17H27FN2/c1-2-14-6-5-11-20(12-9-14)13-10-17(19)15-7-3-4-8-16(15)18/h3-4,7-8,14,17H,2,5-6,9-13,19H2,1H3. The third-order valence-electron chi connectivity index (χ3n) is 4.58. The van der Waals surface area contributed by atoms with Gasteiger partial charge in [0.2, 0.25) is 0 Å². The van der Waals surface area contributed by atoms with E-state index in [-0.39, 0.29) is 11.9 Å². The molecule has 0 radical (unpaired) electrons. The molecule has 112 valence electrons. The van der Waals surface area contributed by atoms with Crippen LogP contribution in [0.4, 0.5) is 4.39 Å². The van der Waals surface area contributed by atoms with Gasteiger partial charge >= 0.3 is 0 Å². The number of likely N-dealkylation sites (tertiary alicyclic amines) is 1. The lowest BCUT2D eigenvalue weighted by molar-refractivity contribution is 0.268. The Labute approximate surface area is 122 Å².